The van der Waals surface area contributed by atoms with Gasteiger partial charge in [0, 0.05) is 6.04 Å². The van der Waals surface area contributed by atoms with Crippen molar-refractivity contribution in [2.24, 2.45) is 11.8 Å². The fraction of sp³-hybridized carbons (Fsp3) is 0.500. The van der Waals surface area contributed by atoms with E-state index in [4.69, 9.17) is 14.2 Å². The van der Waals surface area contributed by atoms with Crippen LogP contribution in [0.15, 0.2) is 36.4 Å². The molecule has 4 atom stereocenters. The second-order valence-corrected chi connectivity index (χ2v) is 7.38. The first-order valence-corrected chi connectivity index (χ1v) is 9.75. The van der Waals surface area contributed by atoms with E-state index in [2.05, 4.69) is 0 Å². The van der Waals surface area contributed by atoms with Gasteiger partial charge in [-0.25, -0.2) is 0 Å². The normalized spacial score (nSPS) is 29.3. The lowest BCUT2D eigenvalue weighted by atomic mass is 9.74. The van der Waals surface area contributed by atoms with Gasteiger partial charge in [-0.1, -0.05) is 42.5 Å². The first-order valence-electron chi connectivity index (χ1n) is 9.75. The minimum Gasteiger partial charge on any atom is -0.469 e. The number of nitrogens with zero attached hydrogens (tertiary/aromatic N) is 1. The Morgan fingerprint density at radius 1 is 1.00 bits per heavy atom. The minimum absolute atomic E-state index is 0.419. The van der Waals surface area contributed by atoms with Crippen molar-refractivity contribution in [3.63, 3.8) is 0 Å². The molecule has 2 fully saturated rings. The zero-order valence-corrected chi connectivity index (χ0v) is 17.0. The van der Waals surface area contributed by atoms with Crippen molar-refractivity contribution in [3.05, 3.63) is 42.0 Å². The highest BCUT2D eigenvalue weighted by Gasteiger charge is 2.68. The summed E-state index contributed by atoms with van der Waals surface area (Å²) in [5, 5.41) is 0. The third-order valence-corrected chi connectivity index (χ3v) is 6.07. The molecule has 1 aromatic rings. The number of fused-ring (bicyclic) bond motifs is 1. The van der Waals surface area contributed by atoms with Crippen molar-refractivity contribution in [2.45, 2.75) is 30.8 Å². The Hall–Kier alpha value is -2.67. The van der Waals surface area contributed by atoms with Gasteiger partial charge in [-0.2, -0.15) is 0 Å². The van der Waals surface area contributed by atoms with Gasteiger partial charge in [0.25, 0.3) is 0 Å². The molecule has 1 aromatic carbocycles. The number of carbonyl (C=O) groups excluding carboxylic acids is 3. The standard InChI is InChI=1S/C22H27NO6/c1-27-19(24)17-16(12-11-15-9-5-4-6-10-15)23-14-8-7-13-22(23,21(26)29-3)18(17)20(25)28-2/h4-6,9-12,16-18H,7-8,13-14H2,1-3H3/b12-11+/t16-,17+,18+,22+/m1/s1. The van der Waals surface area contributed by atoms with E-state index >= 15 is 0 Å². The molecule has 0 aromatic heterocycles. The second kappa shape index (κ2) is 8.78. The SMILES string of the molecule is COC(=O)[C@H]1[C@@H](/C=C/c2ccccc2)N2CCCC[C@@]2(C(=O)OC)[C@@H]1C(=O)OC. The van der Waals surface area contributed by atoms with Crippen molar-refractivity contribution >= 4 is 24.0 Å². The van der Waals surface area contributed by atoms with Crippen molar-refractivity contribution < 1.29 is 28.6 Å². The highest BCUT2D eigenvalue weighted by Crippen LogP contribution is 2.50. The van der Waals surface area contributed by atoms with Gasteiger partial charge in [-0.15, -0.1) is 0 Å². The molecule has 2 aliphatic rings. The fourth-order valence-electron chi connectivity index (χ4n) is 4.86. The van der Waals surface area contributed by atoms with Crippen LogP contribution in [0.5, 0.6) is 0 Å². The van der Waals surface area contributed by atoms with Crippen LogP contribution >= 0.6 is 0 Å². The fourth-order valence-corrected chi connectivity index (χ4v) is 4.86. The second-order valence-electron chi connectivity index (χ2n) is 7.38. The number of methoxy groups -OCH3 is 3. The van der Waals surface area contributed by atoms with Crippen LogP contribution < -0.4 is 0 Å². The Kier molecular flexibility index (Phi) is 6.37. The van der Waals surface area contributed by atoms with E-state index < -0.39 is 41.3 Å². The van der Waals surface area contributed by atoms with Crippen molar-refractivity contribution in [3.8, 4) is 0 Å². The number of ether oxygens (including phenoxy) is 3. The van der Waals surface area contributed by atoms with Gasteiger partial charge in [0.15, 0.2) is 0 Å². The van der Waals surface area contributed by atoms with Gasteiger partial charge < -0.3 is 14.2 Å². The monoisotopic (exact) mass is 401 g/mol. The van der Waals surface area contributed by atoms with E-state index in [1.807, 2.05) is 47.4 Å². The van der Waals surface area contributed by atoms with Crippen molar-refractivity contribution in [1.29, 1.82) is 0 Å². The van der Waals surface area contributed by atoms with Crippen LogP contribution in [0, 0.1) is 11.8 Å². The largest absolute Gasteiger partial charge is 0.469 e. The summed E-state index contributed by atoms with van der Waals surface area (Å²) in [7, 11) is 3.86. The number of carbonyl (C=O) groups is 3. The molecule has 7 heteroatoms. The van der Waals surface area contributed by atoms with E-state index in [0.29, 0.717) is 13.0 Å². The Morgan fingerprint density at radius 2 is 1.69 bits per heavy atom. The maximum Gasteiger partial charge on any atom is 0.327 e. The summed E-state index contributed by atoms with van der Waals surface area (Å²) in [6.07, 6.45) is 5.81. The molecule has 2 aliphatic heterocycles. The Morgan fingerprint density at radius 3 is 2.31 bits per heavy atom. The summed E-state index contributed by atoms with van der Waals surface area (Å²) < 4.78 is 15.2. The van der Waals surface area contributed by atoms with E-state index in [1.54, 1.807) is 0 Å². The lowest BCUT2D eigenvalue weighted by Gasteiger charge is -2.43. The molecule has 7 nitrogen and oxygen atoms in total. The summed E-state index contributed by atoms with van der Waals surface area (Å²) in [4.78, 5) is 40.6. The molecular formula is C22H27NO6. The molecule has 0 unspecified atom stereocenters. The summed E-state index contributed by atoms with van der Waals surface area (Å²) in [6.45, 7) is 0.569. The first-order chi connectivity index (χ1) is 14.0. The quantitative estimate of drug-likeness (QED) is 0.552. The number of esters is 3. The molecule has 0 radical (unpaired) electrons. The predicted molar refractivity (Wildman–Crippen MR) is 106 cm³/mol. The van der Waals surface area contributed by atoms with Gasteiger partial charge in [0.2, 0.25) is 0 Å². The topological polar surface area (TPSA) is 82.1 Å². The van der Waals surface area contributed by atoms with Crippen molar-refractivity contribution in [1.82, 2.24) is 4.90 Å². The van der Waals surface area contributed by atoms with Crippen LogP contribution in [0.4, 0.5) is 0 Å². The maximum atomic E-state index is 13.0. The van der Waals surface area contributed by atoms with Crippen LogP contribution in [-0.2, 0) is 28.6 Å². The number of hydrogen-bond donors (Lipinski definition) is 0. The van der Waals surface area contributed by atoms with Gasteiger partial charge in [-0.3, -0.25) is 19.3 Å². The molecule has 2 saturated heterocycles. The number of piperidine rings is 1. The zero-order valence-electron chi connectivity index (χ0n) is 17.0. The highest BCUT2D eigenvalue weighted by molar-refractivity contribution is 5.94. The minimum atomic E-state index is -1.25. The Balaban J connectivity index is 2.14. The van der Waals surface area contributed by atoms with Gasteiger partial charge in [0.05, 0.1) is 27.2 Å². The molecular weight excluding hydrogens is 374 g/mol. The van der Waals surface area contributed by atoms with E-state index in [1.165, 1.54) is 21.3 Å². The molecule has 3 rings (SSSR count). The summed E-state index contributed by atoms with van der Waals surface area (Å²) in [6, 6.07) is 9.16. The molecule has 29 heavy (non-hydrogen) atoms. The van der Waals surface area contributed by atoms with Gasteiger partial charge in [-0.05, 0) is 31.4 Å². The third-order valence-electron chi connectivity index (χ3n) is 6.07. The average molecular weight is 401 g/mol. The first kappa shape index (κ1) is 21.0. The number of rotatable bonds is 5. The van der Waals surface area contributed by atoms with Gasteiger partial charge in [0.1, 0.15) is 11.5 Å². The van der Waals surface area contributed by atoms with Gasteiger partial charge >= 0.3 is 17.9 Å². The van der Waals surface area contributed by atoms with Crippen molar-refractivity contribution in [2.75, 3.05) is 27.9 Å². The van der Waals surface area contributed by atoms with E-state index in [0.717, 1.165) is 18.4 Å². The molecule has 0 bridgehead atoms. The maximum absolute atomic E-state index is 13.0. The zero-order chi connectivity index (χ0) is 21.0. The molecule has 0 N–H and O–H groups in total. The molecule has 156 valence electrons. The number of benzene rings is 1. The Labute approximate surface area is 170 Å². The average Bonchev–Trinajstić information content (AvgIpc) is 3.08. The molecule has 0 saturated carbocycles. The highest BCUT2D eigenvalue weighted by atomic mass is 16.5. The molecule has 0 amide bonds. The Bertz CT molecular complexity index is 792. The summed E-state index contributed by atoms with van der Waals surface area (Å²) in [5.74, 6) is -3.53. The van der Waals surface area contributed by atoms with Crippen LogP contribution in [0.3, 0.4) is 0 Å². The summed E-state index contributed by atoms with van der Waals surface area (Å²) in [5.41, 5.74) is -0.289. The third kappa shape index (κ3) is 3.55. The summed E-state index contributed by atoms with van der Waals surface area (Å²) >= 11 is 0. The molecule has 2 heterocycles. The van der Waals surface area contributed by atoms with Crippen LogP contribution in [0.1, 0.15) is 24.8 Å². The van der Waals surface area contributed by atoms with E-state index in [-0.39, 0.29) is 0 Å². The predicted octanol–water partition coefficient (Wildman–Crippen LogP) is 2.06. The number of hydrogen-bond acceptors (Lipinski definition) is 7. The lowest BCUT2D eigenvalue weighted by Crippen LogP contribution is -2.60. The molecule has 0 aliphatic carbocycles. The van der Waals surface area contributed by atoms with Crippen LogP contribution in [-0.4, -0.2) is 62.3 Å². The van der Waals surface area contributed by atoms with Crippen LogP contribution in [0.25, 0.3) is 6.08 Å². The lowest BCUT2D eigenvalue weighted by molar-refractivity contribution is -0.169. The van der Waals surface area contributed by atoms with E-state index in [9.17, 15) is 14.4 Å². The smallest absolute Gasteiger partial charge is 0.327 e. The molecule has 0 spiro atoms. The van der Waals surface area contributed by atoms with Crippen LogP contribution in [0.2, 0.25) is 0 Å².